The van der Waals surface area contributed by atoms with Gasteiger partial charge in [0.05, 0.1) is 35.5 Å². The van der Waals surface area contributed by atoms with Crippen molar-refractivity contribution >= 4 is 40.8 Å². The van der Waals surface area contributed by atoms with E-state index in [-0.39, 0.29) is 11.7 Å². The first kappa shape index (κ1) is 26.7. The Balaban J connectivity index is 1.39. The van der Waals surface area contributed by atoms with Crippen LogP contribution in [-0.2, 0) is 4.79 Å². The Hall–Kier alpha value is -4.51. The van der Waals surface area contributed by atoms with Crippen LogP contribution >= 0.6 is 23.5 Å². The molecule has 4 aromatic carbocycles. The van der Waals surface area contributed by atoms with E-state index in [1.54, 1.807) is 23.8 Å². The van der Waals surface area contributed by atoms with E-state index in [1.165, 1.54) is 11.8 Å². The molecule has 0 aliphatic carbocycles. The summed E-state index contributed by atoms with van der Waals surface area (Å²) in [5.74, 6) is 0.795. The third-order valence-corrected chi connectivity index (χ3v) is 8.95. The predicted octanol–water partition coefficient (Wildman–Crippen LogP) is 8.53. The molecule has 0 atom stereocenters. The molecule has 0 unspecified atom stereocenters. The molecule has 1 aromatic heterocycles. The second-order valence-corrected chi connectivity index (χ2v) is 11.5. The Kier molecular flexibility index (Phi) is 7.51. The van der Waals surface area contributed by atoms with Crippen molar-refractivity contribution in [2.75, 3.05) is 17.8 Å². The van der Waals surface area contributed by atoms with Gasteiger partial charge in [-0.25, -0.2) is 4.98 Å². The van der Waals surface area contributed by atoms with Crippen molar-refractivity contribution in [1.29, 1.82) is 5.26 Å². The molecular weight excluding hydrogens is 547 g/mol. The first-order valence-electron chi connectivity index (χ1n) is 13.0. The Morgan fingerprint density at radius 3 is 2.12 bits per heavy atom. The molecule has 5 nitrogen and oxygen atoms in total. The smallest absolute Gasteiger partial charge is 0.242 e. The number of nitrogens with zero attached hydrogens (tertiary/aromatic N) is 3. The first-order chi connectivity index (χ1) is 20.1. The van der Waals surface area contributed by atoms with E-state index in [0.29, 0.717) is 10.6 Å². The molecule has 1 aliphatic heterocycles. The van der Waals surface area contributed by atoms with Gasteiger partial charge in [0.15, 0.2) is 0 Å². The minimum absolute atomic E-state index is 0.0763. The van der Waals surface area contributed by atoms with E-state index in [2.05, 4.69) is 6.07 Å². The Morgan fingerprint density at radius 2 is 1.51 bits per heavy atom. The second-order valence-electron chi connectivity index (χ2n) is 9.50. The van der Waals surface area contributed by atoms with Gasteiger partial charge in [-0.3, -0.25) is 9.69 Å². The van der Waals surface area contributed by atoms with Crippen molar-refractivity contribution in [2.45, 2.75) is 21.7 Å². The van der Waals surface area contributed by atoms with Gasteiger partial charge in [0.25, 0.3) is 0 Å². The number of benzene rings is 4. The molecule has 0 radical (unpaired) electrons. The molecule has 0 saturated carbocycles. The number of aromatic nitrogens is 1. The van der Waals surface area contributed by atoms with Crippen LogP contribution in [0.4, 0.5) is 11.4 Å². The van der Waals surface area contributed by atoms with Gasteiger partial charge in [-0.2, -0.15) is 5.26 Å². The van der Waals surface area contributed by atoms with Crippen LogP contribution in [0.25, 0.3) is 22.4 Å². The second kappa shape index (κ2) is 11.5. The van der Waals surface area contributed by atoms with Crippen LogP contribution in [0.1, 0.15) is 11.1 Å². The van der Waals surface area contributed by atoms with Gasteiger partial charge in [-0.05, 0) is 67.1 Å². The molecule has 0 fully saturated rings. The van der Waals surface area contributed by atoms with E-state index >= 15 is 0 Å². The van der Waals surface area contributed by atoms with Crippen molar-refractivity contribution in [3.05, 3.63) is 114 Å². The highest BCUT2D eigenvalue weighted by molar-refractivity contribution is 8.00. The lowest BCUT2D eigenvalue weighted by Gasteiger charge is -2.31. The standard InChI is InChI=1S/C34H25N3O2S2/c1-22-11-13-23(14-12-22)26-19-28(24-15-17-25(39-2)18-16-24)36-34(27(26)20-35)40-21-33(38)37-29-7-3-5-9-31(29)41-32-10-6-4-8-30(32)37/h3-19H,21H2,1-2H3. The zero-order chi connectivity index (χ0) is 28.3. The van der Waals surface area contributed by atoms with Gasteiger partial charge in [-0.1, -0.05) is 77.6 Å². The van der Waals surface area contributed by atoms with E-state index in [1.807, 2.05) is 110 Å². The molecule has 0 N–H and O–H groups in total. The molecule has 0 saturated heterocycles. The van der Waals surface area contributed by atoms with Crippen LogP contribution in [0.15, 0.2) is 118 Å². The maximum atomic E-state index is 13.9. The van der Waals surface area contributed by atoms with Gasteiger partial charge in [0.2, 0.25) is 5.91 Å². The summed E-state index contributed by atoms with van der Waals surface area (Å²) in [6.07, 6.45) is 0. The zero-order valence-corrected chi connectivity index (χ0v) is 24.1. The maximum absolute atomic E-state index is 13.9. The summed E-state index contributed by atoms with van der Waals surface area (Å²) in [5, 5.41) is 10.8. The number of ether oxygens (including phenoxy) is 1. The number of hydrogen-bond donors (Lipinski definition) is 0. The Morgan fingerprint density at radius 1 is 0.902 bits per heavy atom. The quantitative estimate of drug-likeness (QED) is 0.190. The molecule has 2 heterocycles. The number of carbonyl (C=O) groups excluding carboxylic acids is 1. The molecule has 41 heavy (non-hydrogen) atoms. The normalized spacial score (nSPS) is 11.8. The Labute approximate surface area is 247 Å². The summed E-state index contributed by atoms with van der Waals surface area (Å²) in [7, 11) is 1.63. The number of fused-ring (bicyclic) bond motifs is 2. The summed E-state index contributed by atoms with van der Waals surface area (Å²) >= 11 is 2.96. The fraction of sp³-hybridized carbons (Fsp3) is 0.0882. The van der Waals surface area contributed by atoms with Crippen LogP contribution < -0.4 is 9.64 Å². The van der Waals surface area contributed by atoms with Crippen LogP contribution in [0, 0.1) is 18.3 Å². The molecule has 1 amide bonds. The van der Waals surface area contributed by atoms with Gasteiger partial charge in [0.1, 0.15) is 16.8 Å². The van der Waals surface area contributed by atoms with Gasteiger partial charge in [0, 0.05) is 20.9 Å². The summed E-state index contributed by atoms with van der Waals surface area (Å²) in [5.41, 5.74) is 6.65. The van der Waals surface area contributed by atoms with Gasteiger partial charge >= 0.3 is 0 Å². The zero-order valence-electron chi connectivity index (χ0n) is 22.5. The Bertz CT molecular complexity index is 1750. The number of aryl methyl sites for hydroxylation is 1. The van der Waals surface area contributed by atoms with Gasteiger partial charge in [-0.15, -0.1) is 0 Å². The fourth-order valence-corrected chi connectivity index (χ4v) is 6.68. The van der Waals surface area contributed by atoms with Crippen LogP contribution in [-0.4, -0.2) is 23.8 Å². The lowest BCUT2D eigenvalue weighted by atomic mass is 9.98. The molecule has 7 heteroatoms. The fourth-order valence-electron chi connectivity index (χ4n) is 4.77. The van der Waals surface area contributed by atoms with Crippen LogP contribution in [0.3, 0.4) is 0 Å². The number of anilines is 2. The number of methoxy groups -OCH3 is 1. The highest BCUT2D eigenvalue weighted by Gasteiger charge is 2.28. The third kappa shape index (κ3) is 5.32. The van der Waals surface area contributed by atoms with Crippen molar-refractivity contribution in [2.24, 2.45) is 0 Å². The summed E-state index contributed by atoms with van der Waals surface area (Å²) in [6.45, 7) is 2.03. The van der Waals surface area contributed by atoms with E-state index in [0.717, 1.165) is 54.9 Å². The van der Waals surface area contributed by atoms with Crippen molar-refractivity contribution in [1.82, 2.24) is 4.98 Å². The number of amides is 1. The number of thioether (sulfide) groups is 1. The van der Waals surface area contributed by atoms with Crippen LogP contribution in [0.2, 0.25) is 0 Å². The lowest BCUT2D eigenvalue weighted by molar-refractivity contribution is -0.115. The highest BCUT2D eigenvalue weighted by Crippen LogP contribution is 2.48. The summed E-state index contributed by atoms with van der Waals surface area (Å²) < 4.78 is 5.33. The number of hydrogen-bond acceptors (Lipinski definition) is 6. The lowest BCUT2D eigenvalue weighted by Crippen LogP contribution is -2.30. The summed E-state index contributed by atoms with van der Waals surface area (Å²) in [6, 6.07) is 36.0. The average molecular weight is 572 g/mol. The van der Waals surface area contributed by atoms with Crippen LogP contribution in [0.5, 0.6) is 5.75 Å². The molecular formula is C34H25N3O2S2. The van der Waals surface area contributed by atoms with E-state index in [9.17, 15) is 10.1 Å². The molecule has 0 bridgehead atoms. The predicted molar refractivity (Wildman–Crippen MR) is 166 cm³/mol. The first-order valence-corrected chi connectivity index (χ1v) is 14.8. The monoisotopic (exact) mass is 571 g/mol. The number of nitriles is 1. The minimum Gasteiger partial charge on any atom is -0.497 e. The topological polar surface area (TPSA) is 66.2 Å². The summed E-state index contributed by atoms with van der Waals surface area (Å²) in [4.78, 5) is 22.6. The highest BCUT2D eigenvalue weighted by atomic mass is 32.2. The molecule has 6 rings (SSSR count). The minimum atomic E-state index is -0.0763. The number of rotatable bonds is 6. The van der Waals surface area contributed by atoms with Crippen molar-refractivity contribution in [3.63, 3.8) is 0 Å². The average Bonchev–Trinajstić information content (AvgIpc) is 3.02. The van der Waals surface area contributed by atoms with Crippen molar-refractivity contribution < 1.29 is 9.53 Å². The van der Waals surface area contributed by atoms with E-state index < -0.39 is 0 Å². The molecule has 0 spiro atoms. The molecule has 1 aliphatic rings. The van der Waals surface area contributed by atoms with Crippen molar-refractivity contribution in [3.8, 4) is 34.2 Å². The number of pyridine rings is 1. The van der Waals surface area contributed by atoms with Gasteiger partial charge < -0.3 is 4.74 Å². The number of carbonyl (C=O) groups is 1. The molecule has 200 valence electrons. The third-order valence-electron chi connectivity index (χ3n) is 6.86. The SMILES string of the molecule is COc1ccc(-c2cc(-c3ccc(C)cc3)c(C#N)c(SCC(=O)N3c4ccccc4Sc4ccccc43)n2)cc1. The maximum Gasteiger partial charge on any atom is 0.242 e. The molecule has 5 aromatic rings. The number of para-hydroxylation sites is 2. The largest absolute Gasteiger partial charge is 0.497 e. The van der Waals surface area contributed by atoms with E-state index in [4.69, 9.17) is 9.72 Å².